The molecule has 2 aromatic rings. The molecule has 1 N–H and O–H groups in total. The van der Waals surface area contributed by atoms with Crippen molar-refractivity contribution in [3.63, 3.8) is 0 Å². The molecule has 1 aromatic carbocycles. The first-order valence-electron chi connectivity index (χ1n) is 8.46. The molecule has 0 spiro atoms. The molecule has 8 heteroatoms. The summed E-state index contributed by atoms with van der Waals surface area (Å²) in [7, 11) is -3.31. The predicted molar refractivity (Wildman–Crippen MR) is 106 cm³/mol. The topological polar surface area (TPSA) is 79.6 Å². The van der Waals surface area contributed by atoms with Crippen LogP contribution in [0.1, 0.15) is 30.0 Å². The zero-order valence-corrected chi connectivity index (χ0v) is 16.6. The molecule has 0 saturated carbocycles. The van der Waals surface area contributed by atoms with Crippen LogP contribution in [0.2, 0.25) is 0 Å². The highest BCUT2D eigenvalue weighted by Gasteiger charge is 2.18. The lowest BCUT2D eigenvalue weighted by atomic mass is 10.2. The molecule has 0 unspecified atom stereocenters. The van der Waals surface area contributed by atoms with Gasteiger partial charge in [-0.2, -0.15) is 11.8 Å². The Labute approximate surface area is 159 Å². The smallest absolute Gasteiger partial charge is 0.251 e. The first-order valence-corrected chi connectivity index (χ1v) is 11.2. The van der Waals surface area contributed by atoms with Gasteiger partial charge in [-0.1, -0.05) is 0 Å². The van der Waals surface area contributed by atoms with Gasteiger partial charge >= 0.3 is 0 Å². The highest BCUT2D eigenvalue weighted by atomic mass is 32.2. The number of thioether (sulfide) groups is 1. The van der Waals surface area contributed by atoms with Crippen LogP contribution < -0.4 is 9.62 Å². The van der Waals surface area contributed by atoms with Crippen LogP contribution in [-0.4, -0.2) is 38.9 Å². The summed E-state index contributed by atoms with van der Waals surface area (Å²) in [4.78, 5) is 12.2. The van der Waals surface area contributed by atoms with Crippen LogP contribution in [-0.2, 0) is 15.8 Å². The number of carbonyl (C=O) groups is 1. The molecular formula is C18H24N2O4S2. The van der Waals surface area contributed by atoms with Gasteiger partial charge in [0.05, 0.1) is 23.5 Å². The fraction of sp³-hybridized carbons (Fsp3) is 0.389. The van der Waals surface area contributed by atoms with Gasteiger partial charge in [0.15, 0.2) is 0 Å². The number of sulfonamides is 1. The minimum atomic E-state index is -3.31. The molecule has 0 saturated heterocycles. The van der Waals surface area contributed by atoms with E-state index in [-0.39, 0.29) is 11.7 Å². The summed E-state index contributed by atoms with van der Waals surface area (Å²) in [5.41, 5.74) is 1.08. The van der Waals surface area contributed by atoms with Gasteiger partial charge in [-0.05, 0) is 50.2 Å². The van der Waals surface area contributed by atoms with Crippen LogP contribution >= 0.6 is 11.8 Å². The Balaban J connectivity index is 1.84. The maximum atomic E-state index is 12.2. The molecule has 142 valence electrons. The van der Waals surface area contributed by atoms with Crippen LogP contribution in [0.15, 0.2) is 47.1 Å². The van der Waals surface area contributed by atoms with E-state index in [1.807, 2.05) is 12.1 Å². The van der Waals surface area contributed by atoms with Crippen LogP contribution in [0.5, 0.6) is 0 Å². The first-order chi connectivity index (χ1) is 12.5. The summed E-state index contributed by atoms with van der Waals surface area (Å²) in [6, 6.07) is 10.4. The van der Waals surface area contributed by atoms with Crippen molar-refractivity contribution in [3.8, 4) is 0 Å². The number of hydrogen-bond donors (Lipinski definition) is 1. The van der Waals surface area contributed by atoms with E-state index in [0.29, 0.717) is 24.3 Å². The lowest BCUT2D eigenvalue weighted by molar-refractivity contribution is 0.0956. The normalized spacial score (nSPS) is 11.3. The molecule has 1 heterocycles. The van der Waals surface area contributed by atoms with Crippen molar-refractivity contribution in [2.75, 3.05) is 28.9 Å². The van der Waals surface area contributed by atoms with E-state index in [0.717, 1.165) is 17.3 Å². The van der Waals surface area contributed by atoms with Crippen LogP contribution in [0.4, 0.5) is 5.69 Å². The molecule has 0 aliphatic heterocycles. The molecule has 1 aromatic heterocycles. The van der Waals surface area contributed by atoms with Crippen molar-refractivity contribution in [2.24, 2.45) is 0 Å². The van der Waals surface area contributed by atoms with Crippen molar-refractivity contribution < 1.29 is 17.6 Å². The average molecular weight is 397 g/mol. The third-order valence-corrected chi connectivity index (χ3v) is 6.61. The first kappa shape index (κ1) is 20.4. The van der Waals surface area contributed by atoms with Gasteiger partial charge in [0.2, 0.25) is 10.0 Å². The zero-order chi connectivity index (χ0) is 19.0. The van der Waals surface area contributed by atoms with Gasteiger partial charge in [-0.3, -0.25) is 9.10 Å². The van der Waals surface area contributed by atoms with Crippen molar-refractivity contribution in [2.45, 2.75) is 19.6 Å². The maximum absolute atomic E-state index is 12.2. The minimum absolute atomic E-state index is 0.0404. The molecule has 0 atom stereocenters. The van der Waals surface area contributed by atoms with Gasteiger partial charge in [0.25, 0.3) is 5.91 Å². The Kier molecular flexibility index (Phi) is 7.59. The molecule has 0 aliphatic carbocycles. The van der Waals surface area contributed by atoms with E-state index in [9.17, 15) is 13.2 Å². The Morgan fingerprint density at radius 1 is 1.19 bits per heavy atom. The largest absolute Gasteiger partial charge is 0.468 e. The Bertz CT molecular complexity index is 787. The van der Waals surface area contributed by atoms with Gasteiger partial charge in [-0.15, -0.1) is 0 Å². The molecule has 0 fully saturated rings. The fourth-order valence-electron chi connectivity index (χ4n) is 2.38. The van der Waals surface area contributed by atoms with Crippen LogP contribution in [0.3, 0.4) is 0 Å². The van der Waals surface area contributed by atoms with E-state index in [4.69, 9.17) is 4.42 Å². The quantitative estimate of drug-likeness (QED) is 0.624. The standard InChI is InChI=1S/C18H24N2O4S2/c1-3-20(26(22,23)4-2)16-9-7-15(8-10-16)18(21)19-11-13-25-14-17-6-5-12-24-17/h5-10,12H,3-4,11,13-14H2,1-2H3,(H,19,21). The van der Waals surface area contributed by atoms with Gasteiger partial charge in [-0.25, -0.2) is 8.42 Å². The second-order valence-electron chi connectivity index (χ2n) is 5.50. The number of nitrogens with zero attached hydrogens (tertiary/aromatic N) is 1. The molecule has 0 bridgehead atoms. The summed E-state index contributed by atoms with van der Waals surface area (Å²) in [6.45, 7) is 4.31. The number of amides is 1. The van der Waals surface area contributed by atoms with Gasteiger partial charge in [0, 0.05) is 24.4 Å². The van der Waals surface area contributed by atoms with Crippen LogP contribution in [0, 0.1) is 0 Å². The maximum Gasteiger partial charge on any atom is 0.251 e. The van der Waals surface area contributed by atoms with E-state index in [2.05, 4.69) is 5.32 Å². The van der Waals surface area contributed by atoms with E-state index in [1.54, 1.807) is 56.1 Å². The number of rotatable bonds is 10. The second-order valence-corrected chi connectivity index (χ2v) is 8.79. The lowest BCUT2D eigenvalue weighted by Gasteiger charge is -2.22. The summed E-state index contributed by atoms with van der Waals surface area (Å²) >= 11 is 1.68. The van der Waals surface area contributed by atoms with E-state index < -0.39 is 10.0 Å². The predicted octanol–water partition coefficient (Wildman–Crippen LogP) is 3.12. The summed E-state index contributed by atoms with van der Waals surface area (Å²) in [5, 5.41) is 2.86. The van der Waals surface area contributed by atoms with Crippen molar-refractivity contribution in [1.29, 1.82) is 0 Å². The van der Waals surface area contributed by atoms with Crippen molar-refractivity contribution in [1.82, 2.24) is 5.32 Å². The Morgan fingerprint density at radius 3 is 2.50 bits per heavy atom. The molecule has 6 nitrogen and oxygen atoms in total. The number of carbonyl (C=O) groups excluding carboxylic acids is 1. The number of nitrogens with one attached hydrogen (secondary N) is 1. The fourth-order valence-corrected chi connectivity index (χ4v) is 4.29. The third-order valence-electron chi connectivity index (χ3n) is 3.76. The summed E-state index contributed by atoms with van der Waals surface area (Å²) < 4.78 is 30.7. The molecule has 0 radical (unpaired) electrons. The average Bonchev–Trinajstić information content (AvgIpc) is 3.15. The highest BCUT2D eigenvalue weighted by Crippen LogP contribution is 2.19. The number of furan rings is 1. The number of anilines is 1. The SMILES string of the molecule is CCN(c1ccc(C(=O)NCCSCc2ccco2)cc1)S(=O)(=O)CC. The summed E-state index contributed by atoms with van der Waals surface area (Å²) in [5.74, 6) is 2.34. The third kappa shape index (κ3) is 5.54. The monoisotopic (exact) mass is 396 g/mol. The lowest BCUT2D eigenvalue weighted by Crippen LogP contribution is -2.32. The molecule has 1 amide bonds. The van der Waals surface area contributed by atoms with E-state index in [1.165, 1.54) is 4.31 Å². The van der Waals surface area contributed by atoms with Gasteiger partial charge < -0.3 is 9.73 Å². The van der Waals surface area contributed by atoms with Crippen molar-refractivity contribution >= 4 is 33.4 Å². The molecule has 2 rings (SSSR count). The zero-order valence-electron chi connectivity index (χ0n) is 15.0. The van der Waals surface area contributed by atoms with Gasteiger partial charge in [0.1, 0.15) is 5.76 Å². The molecule has 26 heavy (non-hydrogen) atoms. The minimum Gasteiger partial charge on any atom is -0.468 e. The summed E-state index contributed by atoms with van der Waals surface area (Å²) in [6.07, 6.45) is 1.65. The Morgan fingerprint density at radius 2 is 1.92 bits per heavy atom. The molecule has 0 aliphatic rings. The second kappa shape index (κ2) is 9.68. The Hall–Kier alpha value is -1.93. The number of benzene rings is 1. The van der Waals surface area contributed by atoms with Crippen molar-refractivity contribution in [3.05, 3.63) is 54.0 Å². The van der Waals surface area contributed by atoms with Crippen LogP contribution in [0.25, 0.3) is 0 Å². The van der Waals surface area contributed by atoms with E-state index >= 15 is 0 Å². The highest BCUT2D eigenvalue weighted by molar-refractivity contribution is 7.98. The molecular weight excluding hydrogens is 372 g/mol. The number of hydrogen-bond acceptors (Lipinski definition) is 5.